The number of nitrogens with one attached hydrogen (secondary N) is 1. The highest BCUT2D eigenvalue weighted by atomic mass is 32.1. The van der Waals surface area contributed by atoms with Crippen LogP contribution in [-0.2, 0) is 22.4 Å². The van der Waals surface area contributed by atoms with Crippen LogP contribution in [0.5, 0.6) is 0 Å². The van der Waals surface area contributed by atoms with Crippen LogP contribution in [0.15, 0.2) is 70.4 Å². The summed E-state index contributed by atoms with van der Waals surface area (Å²) in [7, 11) is 0. The van der Waals surface area contributed by atoms with E-state index in [4.69, 9.17) is 17.0 Å². The van der Waals surface area contributed by atoms with Gasteiger partial charge in [-0.15, -0.1) is 12.6 Å². The van der Waals surface area contributed by atoms with Gasteiger partial charge in [0, 0.05) is 23.3 Å². The second-order valence-electron chi connectivity index (χ2n) is 6.79. The summed E-state index contributed by atoms with van der Waals surface area (Å²) in [5, 5.41) is 12.2. The van der Waals surface area contributed by atoms with Gasteiger partial charge in [0.05, 0.1) is 12.5 Å². The molecule has 29 heavy (non-hydrogen) atoms. The van der Waals surface area contributed by atoms with Crippen LogP contribution in [0.1, 0.15) is 30.0 Å². The molecule has 2 aromatic carbocycles. The van der Waals surface area contributed by atoms with Crippen molar-refractivity contribution in [3.05, 3.63) is 77.7 Å². The number of amides is 1. The third kappa shape index (κ3) is 5.09. The monoisotopic (exact) mass is 409 g/mol. The smallest absolute Gasteiger partial charge is 0.326 e. The van der Waals surface area contributed by atoms with E-state index in [9.17, 15) is 14.7 Å². The molecule has 1 atom stereocenters. The van der Waals surface area contributed by atoms with E-state index < -0.39 is 12.0 Å². The van der Waals surface area contributed by atoms with Gasteiger partial charge in [0.2, 0.25) is 5.91 Å². The standard InChI is InChI=1S/C23H23NO4S/c1-2-21(25)24-20(23(26)27)13-16-8-9-18(17-10-11-28-14-17)22(29)19(16)12-15-6-4-3-5-7-15/h3-11,14,20,29H,2,12-13H2,1H3,(H,24,25)(H,26,27)/t20-/m0/s1. The number of hydrogen-bond donors (Lipinski definition) is 3. The minimum Gasteiger partial charge on any atom is -0.480 e. The highest BCUT2D eigenvalue weighted by Crippen LogP contribution is 2.33. The third-order valence-corrected chi connectivity index (χ3v) is 5.32. The van der Waals surface area contributed by atoms with Crippen LogP contribution in [0.3, 0.4) is 0 Å². The van der Waals surface area contributed by atoms with Gasteiger partial charge in [0.1, 0.15) is 6.04 Å². The van der Waals surface area contributed by atoms with Crippen LogP contribution in [-0.4, -0.2) is 23.0 Å². The lowest BCUT2D eigenvalue weighted by Crippen LogP contribution is -2.42. The Morgan fingerprint density at radius 2 is 1.90 bits per heavy atom. The molecule has 0 fully saturated rings. The Balaban J connectivity index is 2.02. The first-order valence-corrected chi connectivity index (χ1v) is 9.86. The van der Waals surface area contributed by atoms with Gasteiger partial charge in [-0.2, -0.15) is 0 Å². The Kier molecular flexibility index (Phi) is 6.77. The minimum atomic E-state index is -1.06. The van der Waals surface area contributed by atoms with E-state index >= 15 is 0 Å². The van der Waals surface area contributed by atoms with Crippen LogP contribution in [0.4, 0.5) is 0 Å². The molecule has 0 aliphatic heterocycles. The highest BCUT2D eigenvalue weighted by molar-refractivity contribution is 7.80. The summed E-state index contributed by atoms with van der Waals surface area (Å²) < 4.78 is 5.21. The summed E-state index contributed by atoms with van der Waals surface area (Å²) in [5.74, 6) is -1.35. The molecule has 0 bridgehead atoms. The summed E-state index contributed by atoms with van der Waals surface area (Å²) in [4.78, 5) is 24.3. The lowest BCUT2D eigenvalue weighted by atomic mass is 9.92. The molecular formula is C23H23NO4S. The number of hydrogen-bond acceptors (Lipinski definition) is 4. The van der Waals surface area contributed by atoms with E-state index in [1.54, 1.807) is 19.5 Å². The van der Waals surface area contributed by atoms with Gasteiger partial charge in [-0.3, -0.25) is 4.79 Å². The molecule has 0 spiro atoms. The van der Waals surface area contributed by atoms with Gasteiger partial charge in [-0.1, -0.05) is 49.4 Å². The van der Waals surface area contributed by atoms with Crippen LogP contribution in [0.25, 0.3) is 11.1 Å². The molecule has 150 valence electrons. The molecule has 1 heterocycles. The van der Waals surface area contributed by atoms with Crippen molar-refractivity contribution in [1.82, 2.24) is 5.32 Å². The van der Waals surface area contributed by atoms with Crippen molar-refractivity contribution in [2.45, 2.75) is 37.1 Å². The lowest BCUT2D eigenvalue weighted by molar-refractivity contribution is -0.141. The Hall–Kier alpha value is -2.99. The number of aliphatic carboxylic acids is 1. The van der Waals surface area contributed by atoms with Crippen LogP contribution in [0.2, 0.25) is 0 Å². The van der Waals surface area contributed by atoms with E-state index in [2.05, 4.69) is 5.32 Å². The number of carbonyl (C=O) groups is 2. The maximum atomic E-state index is 11.8. The second-order valence-corrected chi connectivity index (χ2v) is 7.24. The second kappa shape index (κ2) is 9.47. The molecule has 0 radical (unpaired) electrons. The molecule has 6 heteroatoms. The van der Waals surface area contributed by atoms with E-state index in [1.807, 2.05) is 48.5 Å². The maximum Gasteiger partial charge on any atom is 0.326 e. The van der Waals surface area contributed by atoms with E-state index in [1.165, 1.54) is 0 Å². The molecular weight excluding hydrogens is 386 g/mol. The molecule has 5 nitrogen and oxygen atoms in total. The molecule has 0 aliphatic rings. The molecule has 1 amide bonds. The Morgan fingerprint density at radius 3 is 2.52 bits per heavy atom. The predicted octanol–water partition coefficient (Wildman–Crippen LogP) is 4.35. The molecule has 0 aliphatic carbocycles. The van der Waals surface area contributed by atoms with Crippen molar-refractivity contribution in [2.24, 2.45) is 0 Å². The van der Waals surface area contributed by atoms with Gasteiger partial charge in [-0.25, -0.2) is 4.79 Å². The zero-order valence-electron chi connectivity index (χ0n) is 16.1. The van der Waals surface area contributed by atoms with Crippen molar-refractivity contribution in [3.63, 3.8) is 0 Å². The van der Waals surface area contributed by atoms with E-state index in [0.29, 0.717) is 6.42 Å². The first-order chi connectivity index (χ1) is 14.0. The quantitative estimate of drug-likeness (QED) is 0.483. The fourth-order valence-corrected chi connectivity index (χ4v) is 3.66. The summed E-state index contributed by atoms with van der Waals surface area (Å²) in [5.41, 5.74) is 4.70. The van der Waals surface area contributed by atoms with Gasteiger partial charge in [0.25, 0.3) is 0 Å². The number of carboxylic acids is 1. The number of carboxylic acid groups (broad SMARTS) is 1. The third-order valence-electron chi connectivity index (χ3n) is 4.81. The van der Waals surface area contributed by atoms with Gasteiger partial charge >= 0.3 is 5.97 Å². The SMILES string of the molecule is CCC(=O)N[C@@H](Cc1ccc(-c2ccoc2)c(S)c1Cc1ccccc1)C(=O)O. The average molecular weight is 410 g/mol. The van der Waals surface area contributed by atoms with Gasteiger partial charge < -0.3 is 14.8 Å². The molecule has 3 aromatic rings. The van der Waals surface area contributed by atoms with Crippen molar-refractivity contribution < 1.29 is 19.1 Å². The molecule has 3 rings (SSSR count). The number of rotatable bonds is 8. The zero-order chi connectivity index (χ0) is 20.8. The van der Waals surface area contributed by atoms with Crippen molar-refractivity contribution >= 4 is 24.5 Å². The van der Waals surface area contributed by atoms with E-state index in [0.717, 1.165) is 32.7 Å². The Morgan fingerprint density at radius 1 is 1.14 bits per heavy atom. The molecule has 2 N–H and O–H groups in total. The molecule has 1 aromatic heterocycles. The number of carbonyl (C=O) groups excluding carboxylic acids is 1. The number of thiol groups is 1. The molecule has 0 saturated heterocycles. The highest BCUT2D eigenvalue weighted by Gasteiger charge is 2.23. The molecule has 0 unspecified atom stereocenters. The number of furan rings is 1. The van der Waals surface area contributed by atoms with Crippen LogP contribution < -0.4 is 5.32 Å². The lowest BCUT2D eigenvalue weighted by Gasteiger charge is -2.19. The molecule has 0 saturated carbocycles. The maximum absolute atomic E-state index is 11.8. The summed E-state index contributed by atoms with van der Waals surface area (Å²) in [6.45, 7) is 1.70. The first-order valence-electron chi connectivity index (χ1n) is 9.42. The van der Waals surface area contributed by atoms with Crippen LogP contribution >= 0.6 is 12.6 Å². The fourth-order valence-electron chi connectivity index (χ4n) is 3.23. The fraction of sp³-hybridized carbons (Fsp3) is 0.217. The summed E-state index contributed by atoms with van der Waals surface area (Å²) in [6, 6.07) is 14.6. The minimum absolute atomic E-state index is 0.183. The Labute approximate surface area is 175 Å². The van der Waals surface area contributed by atoms with Crippen molar-refractivity contribution in [1.29, 1.82) is 0 Å². The predicted molar refractivity (Wildman–Crippen MR) is 114 cm³/mol. The first kappa shape index (κ1) is 20.7. The van der Waals surface area contributed by atoms with E-state index in [-0.39, 0.29) is 18.7 Å². The topological polar surface area (TPSA) is 79.5 Å². The Bertz CT molecular complexity index is 984. The summed E-state index contributed by atoms with van der Waals surface area (Å²) >= 11 is 4.78. The van der Waals surface area contributed by atoms with Gasteiger partial charge in [0.15, 0.2) is 0 Å². The largest absolute Gasteiger partial charge is 0.480 e. The average Bonchev–Trinajstić information content (AvgIpc) is 3.25. The van der Waals surface area contributed by atoms with Gasteiger partial charge in [-0.05, 0) is 34.7 Å². The number of benzene rings is 2. The van der Waals surface area contributed by atoms with Crippen LogP contribution in [0, 0.1) is 0 Å². The summed E-state index contributed by atoms with van der Waals surface area (Å²) in [6.07, 6.45) is 4.28. The normalized spacial score (nSPS) is 11.8. The zero-order valence-corrected chi connectivity index (χ0v) is 17.0. The van der Waals surface area contributed by atoms with Crippen molar-refractivity contribution in [2.75, 3.05) is 0 Å². The van der Waals surface area contributed by atoms with Crippen molar-refractivity contribution in [3.8, 4) is 11.1 Å².